The molecule has 150 valence electrons. The fraction of sp³-hybridized carbons (Fsp3) is 0.350. The van der Waals surface area contributed by atoms with E-state index in [2.05, 4.69) is 15.0 Å². The second-order valence-corrected chi connectivity index (χ2v) is 7.68. The second-order valence-electron chi connectivity index (χ2n) is 6.62. The number of benzene rings is 1. The number of ketones is 1. The van der Waals surface area contributed by atoms with Crippen LogP contribution in [0.25, 0.3) is 21.5 Å². The summed E-state index contributed by atoms with van der Waals surface area (Å²) in [4.78, 5) is 31.0. The Hall–Kier alpha value is -2.75. The van der Waals surface area contributed by atoms with Crippen LogP contribution in [0, 0.1) is 0 Å². The third-order valence-electron chi connectivity index (χ3n) is 4.62. The molecular weight excluding hydrogens is 390 g/mol. The zero-order chi connectivity index (χ0) is 20.2. The molecular formula is C20H21N5O3S. The fourth-order valence-corrected chi connectivity index (χ4v) is 4.02. The molecule has 0 spiro atoms. The third-order valence-corrected chi connectivity index (χ3v) is 5.58. The average Bonchev–Trinajstić information content (AvgIpc) is 3.28. The normalized spacial score (nSPS) is 11.5. The number of carbonyl (C=O) groups is 1. The van der Waals surface area contributed by atoms with Crippen molar-refractivity contribution in [2.24, 2.45) is 7.05 Å². The molecule has 0 saturated carbocycles. The van der Waals surface area contributed by atoms with Crippen molar-refractivity contribution in [3.8, 4) is 0 Å². The van der Waals surface area contributed by atoms with Crippen molar-refractivity contribution in [1.82, 2.24) is 24.5 Å². The SMILES string of the molecule is Cn1c(Cc2nc3nccnc3s2)nc2cc(C(=O)CCCOCCO)ccc21. The van der Waals surface area contributed by atoms with Crippen molar-refractivity contribution in [3.05, 3.63) is 47.0 Å². The van der Waals surface area contributed by atoms with E-state index in [1.165, 1.54) is 11.3 Å². The lowest BCUT2D eigenvalue weighted by molar-refractivity contribution is 0.0832. The zero-order valence-corrected chi connectivity index (χ0v) is 16.9. The van der Waals surface area contributed by atoms with Crippen molar-refractivity contribution in [1.29, 1.82) is 0 Å². The number of hydrogen-bond acceptors (Lipinski definition) is 8. The minimum Gasteiger partial charge on any atom is -0.394 e. The third kappa shape index (κ3) is 4.31. The number of fused-ring (bicyclic) bond motifs is 2. The average molecular weight is 411 g/mol. The molecule has 0 aliphatic carbocycles. The molecule has 0 atom stereocenters. The Morgan fingerprint density at radius 2 is 2.07 bits per heavy atom. The van der Waals surface area contributed by atoms with Gasteiger partial charge in [0, 0.05) is 38.0 Å². The van der Waals surface area contributed by atoms with Crippen LogP contribution in [0.5, 0.6) is 0 Å². The molecule has 0 fully saturated rings. The maximum Gasteiger partial charge on any atom is 0.189 e. The van der Waals surface area contributed by atoms with Crippen LogP contribution in [0.4, 0.5) is 0 Å². The van der Waals surface area contributed by atoms with Gasteiger partial charge in [0.15, 0.2) is 16.3 Å². The summed E-state index contributed by atoms with van der Waals surface area (Å²) in [5.41, 5.74) is 3.07. The Morgan fingerprint density at radius 3 is 2.90 bits per heavy atom. The van der Waals surface area contributed by atoms with Crippen LogP contribution in [-0.2, 0) is 18.2 Å². The summed E-state index contributed by atoms with van der Waals surface area (Å²) >= 11 is 1.51. The number of aryl methyl sites for hydroxylation is 1. The number of nitrogens with zero attached hydrogens (tertiary/aromatic N) is 5. The Balaban J connectivity index is 1.50. The van der Waals surface area contributed by atoms with E-state index in [1.807, 2.05) is 29.8 Å². The molecule has 0 radical (unpaired) electrons. The van der Waals surface area contributed by atoms with E-state index >= 15 is 0 Å². The Bertz CT molecular complexity index is 1120. The molecule has 29 heavy (non-hydrogen) atoms. The zero-order valence-electron chi connectivity index (χ0n) is 16.0. The van der Waals surface area contributed by atoms with Gasteiger partial charge in [0.05, 0.1) is 30.7 Å². The molecule has 1 N–H and O–H groups in total. The number of aromatic nitrogens is 5. The van der Waals surface area contributed by atoms with Gasteiger partial charge in [0.1, 0.15) is 10.8 Å². The maximum absolute atomic E-state index is 12.4. The van der Waals surface area contributed by atoms with Gasteiger partial charge in [-0.25, -0.2) is 19.9 Å². The summed E-state index contributed by atoms with van der Waals surface area (Å²) in [6.07, 6.45) is 4.92. The number of hydrogen-bond donors (Lipinski definition) is 1. The number of carbonyl (C=O) groups excluding carboxylic acids is 1. The van der Waals surface area contributed by atoms with Crippen molar-refractivity contribution < 1.29 is 14.6 Å². The molecule has 8 nitrogen and oxygen atoms in total. The molecule has 4 rings (SSSR count). The van der Waals surface area contributed by atoms with Gasteiger partial charge in [-0.05, 0) is 24.6 Å². The highest BCUT2D eigenvalue weighted by molar-refractivity contribution is 7.18. The van der Waals surface area contributed by atoms with Gasteiger partial charge in [0.25, 0.3) is 0 Å². The number of imidazole rings is 1. The standard InChI is InChI=1S/C20H21N5O3S/c1-25-15-5-4-13(16(27)3-2-9-28-10-8-26)11-14(15)23-17(25)12-18-24-19-20(29-18)22-7-6-21-19/h4-7,11,26H,2-3,8-10,12H2,1H3. The van der Waals surface area contributed by atoms with Crippen LogP contribution in [0.2, 0.25) is 0 Å². The van der Waals surface area contributed by atoms with Crippen LogP contribution in [0.3, 0.4) is 0 Å². The van der Waals surface area contributed by atoms with E-state index in [-0.39, 0.29) is 12.4 Å². The smallest absolute Gasteiger partial charge is 0.189 e. The number of Topliss-reactive ketones (excluding diaryl/α,β-unsaturated/α-hetero) is 1. The Morgan fingerprint density at radius 1 is 1.21 bits per heavy atom. The summed E-state index contributed by atoms with van der Waals surface area (Å²) in [6.45, 7) is 0.766. The largest absolute Gasteiger partial charge is 0.394 e. The predicted molar refractivity (Wildman–Crippen MR) is 110 cm³/mol. The molecule has 4 aromatic rings. The molecule has 3 aromatic heterocycles. The van der Waals surface area contributed by atoms with Gasteiger partial charge in [0.2, 0.25) is 0 Å². The second kappa shape index (κ2) is 8.73. The highest BCUT2D eigenvalue weighted by Crippen LogP contribution is 2.23. The highest BCUT2D eigenvalue weighted by Gasteiger charge is 2.14. The van der Waals surface area contributed by atoms with Gasteiger partial charge in [-0.1, -0.05) is 11.3 Å². The summed E-state index contributed by atoms with van der Waals surface area (Å²) in [5.74, 6) is 0.941. The number of thiazole rings is 1. The van der Waals surface area contributed by atoms with E-state index in [0.29, 0.717) is 43.7 Å². The molecule has 0 bridgehead atoms. The molecule has 0 unspecified atom stereocenters. The first-order valence-corrected chi connectivity index (χ1v) is 10.2. The van der Waals surface area contributed by atoms with Crippen LogP contribution in [0.1, 0.15) is 34.0 Å². The van der Waals surface area contributed by atoms with E-state index in [4.69, 9.17) is 14.8 Å². The van der Waals surface area contributed by atoms with E-state index < -0.39 is 0 Å². The molecule has 1 aromatic carbocycles. The first kappa shape index (κ1) is 19.6. The van der Waals surface area contributed by atoms with Gasteiger partial charge in [-0.2, -0.15) is 0 Å². The van der Waals surface area contributed by atoms with Crippen LogP contribution < -0.4 is 0 Å². The lowest BCUT2D eigenvalue weighted by atomic mass is 10.1. The first-order chi connectivity index (χ1) is 14.2. The molecule has 0 aliphatic rings. The minimum absolute atomic E-state index is 0.00331. The fourth-order valence-electron chi connectivity index (χ4n) is 3.16. The highest BCUT2D eigenvalue weighted by atomic mass is 32.1. The lowest BCUT2D eigenvalue weighted by Gasteiger charge is -2.03. The van der Waals surface area contributed by atoms with Crippen molar-refractivity contribution in [2.45, 2.75) is 19.3 Å². The summed E-state index contributed by atoms with van der Waals surface area (Å²) < 4.78 is 7.23. The van der Waals surface area contributed by atoms with Gasteiger partial charge < -0.3 is 14.4 Å². The van der Waals surface area contributed by atoms with Crippen molar-refractivity contribution in [2.75, 3.05) is 19.8 Å². The Labute approximate surface area is 171 Å². The van der Waals surface area contributed by atoms with Crippen LogP contribution in [-0.4, -0.2) is 55.2 Å². The van der Waals surface area contributed by atoms with Crippen molar-refractivity contribution in [3.63, 3.8) is 0 Å². The quantitative estimate of drug-likeness (QED) is 0.333. The van der Waals surface area contributed by atoms with Gasteiger partial charge in [-0.15, -0.1) is 0 Å². The molecule has 0 amide bonds. The van der Waals surface area contributed by atoms with E-state index in [0.717, 1.165) is 26.7 Å². The summed E-state index contributed by atoms with van der Waals surface area (Å²) in [6, 6.07) is 5.62. The first-order valence-electron chi connectivity index (χ1n) is 9.39. The van der Waals surface area contributed by atoms with Gasteiger partial charge in [-0.3, -0.25) is 4.79 Å². The Kier molecular flexibility index (Phi) is 5.89. The topological polar surface area (TPSA) is 103 Å². The molecule has 3 heterocycles. The summed E-state index contributed by atoms with van der Waals surface area (Å²) in [5, 5.41) is 9.60. The molecule has 9 heteroatoms. The maximum atomic E-state index is 12.4. The van der Waals surface area contributed by atoms with Crippen LogP contribution >= 0.6 is 11.3 Å². The number of aliphatic hydroxyl groups is 1. The predicted octanol–water partition coefficient (Wildman–Crippen LogP) is 2.54. The van der Waals surface area contributed by atoms with Crippen LogP contribution in [0.15, 0.2) is 30.6 Å². The molecule has 0 aliphatic heterocycles. The number of rotatable bonds is 9. The van der Waals surface area contributed by atoms with Gasteiger partial charge >= 0.3 is 0 Å². The lowest BCUT2D eigenvalue weighted by Crippen LogP contribution is -2.04. The number of ether oxygens (including phenoxy) is 1. The molecule has 0 saturated heterocycles. The van der Waals surface area contributed by atoms with E-state index in [1.54, 1.807) is 12.4 Å². The number of aliphatic hydroxyl groups excluding tert-OH is 1. The van der Waals surface area contributed by atoms with Crippen molar-refractivity contribution >= 4 is 38.6 Å². The minimum atomic E-state index is -0.00331. The summed E-state index contributed by atoms with van der Waals surface area (Å²) in [7, 11) is 1.97. The monoisotopic (exact) mass is 411 g/mol. The van der Waals surface area contributed by atoms with E-state index in [9.17, 15) is 4.79 Å².